The standard InChI is InChI=1S/C19H31Cl2N5.HI/c1-3-25-10-12-26(13-11-25)9-5-4-8-23-19(22-2)24-15-16-6-7-17(20)14-18(16)21;/h6-7,14H,3-5,8-13,15H2,1-2H3,(H2,22,23,24);1H. The Hall–Kier alpha value is -0.280. The number of aliphatic imine (C=N–C) groups is 1. The topological polar surface area (TPSA) is 42.9 Å². The largest absolute Gasteiger partial charge is 0.356 e. The van der Waals surface area contributed by atoms with Crippen LogP contribution in [0.15, 0.2) is 23.2 Å². The molecular formula is C19H32Cl2IN5. The molecule has 0 unspecified atom stereocenters. The quantitative estimate of drug-likeness (QED) is 0.234. The molecule has 5 nitrogen and oxygen atoms in total. The van der Waals surface area contributed by atoms with Crippen LogP contribution in [0.1, 0.15) is 25.3 Å². The van der Waals surface area contributed by atoms with Gasteiger partial charge in [0.05, 0.1) is 0 Å². The number of piperazine rings is 1. The van der Waals surface area contributed by atoms with Gasteiger partial charge in [-0.15, -0.1) is 24.0 Å². The van der Waals surface area contributed by atoms with Crippen LogP contribution >= 0.6 is 47.2 Å². The molecule has 0 aliphatic carbocycles. The van der Waals surface area contributed by atoms with Crippen LogP contribution in [0, 0.1) is 0 Å². The fourth-order valence-electron chi connectivity index (χ4n) is 3.06. The lowest BCUT2D eigenvalue weighted by atomic mass is 10.2. The summed E-state index contributed by atoms with van der Waals surface area (Å²) in [5.74, 6) is 0.799. The van der Waals surface area contributed by atoms with Crippen molar-refractivity contribution in [3.05, 3.63) is 33.8 Å². The zero-order valence-electron chi connectivity index (χ0n) is 16.3. The van der Waals surface area contributed by atoms with Crippen LogP contribution < -0.4 is 10.6 Å². The molecule has 1 heterocycles. The summed E-state index contributed by atoms with van der Waals surface area (Å²) in [6.07, 6.45) is 2.34. The van der Waals surface area contributed by atoms with E-state index in [-0.39, 0.29) is 24.0 Å². The van der Waals surface area contributed by atoms with E-state index in [0.717, 1.165) is 24.5 Å². The van der Waals surface area contributed by atoms with E-state index in [2.05, 4.69) is 32.3 Å². The van der Waals surface area contributed by atoms with Gasteiger partial charge in [-0.05, 0) is 43.6 Å². The second-order valence-corrected chi connectivity index (χ2v) is 7.41. The lowest BCUT2D eigenvalue weighted by molar-refractivity contribution is 0.136. The van der Waals surface area contributed by atoms with Crippen LogP contribution in [0.5, 0.6) is 0 Å². The number of rotatable bonds is 8. The van der Waals surface area contributed by atoms with Crippen molar-refractivity contribution in [2.75, 3.05) is 52.9 Å². The molecule has 0 spiro atoms. The molecule has 8 heteroatoms. The van der Waals surface area contributed by atoms with E-state index in [4.69, 9.17) is 23.2 Å². The minimum Gasteiger partial charge on any atom is -0.356 e. The number of hydrogen-bond acceptors (Lipinski definition) is 3. The molecule has 0 amide bonds. The summed E-state index contributed by atoms with van der Waals surface area (Å²) in [4.78, 5) is 9.35. The first-order valence-corrected chi connectivity index (χ1v) is 10.2. The van der Waals surface area contributed by atoms with Gasteiger partial charge in [0.15, 0.2) is 5.96 Å². The summed E-state index contributed by atoms with van der Waals surface area (Å²) < 4.78 is 0. The van der Waals surface area contributed by atoms with Gasteiger partial charge in [0.25, 0.3) is 0 Å². The number of benzene rings is 1. The third kappa shape index (κ3) is 9.17. The smallest absolute Gasteiger partial charge is 0.191 e. The summed E-state index contributed by atoms with van der Waals surface area (Å²) in [6, 6.07) is 5.54. The number of halogens is 3. The van der Waals surface area contributed by atoms with Crippen LogP contribution in [0.25, 0.3) is 0 Å². The molecule has 27 heavy (non-hydrogen) atoms. The fourth-order valence-corrected chi connectivity index (χ4v) is 3.54. The molecule has 0 atom stereocenters. The average Bonchev–Trinajstić information content (AvgIpc) is 2.65. The van der Waals surface area contributed by atoms with Gasteiger partial charge >= 0.3 is 0 Å². The zero-order chi connectivity index (χ0) is 18.8. The maximum absolute atomic E-state index is 6.20. The molecule has 1 aliphatic heterocycles. The molecule has 1 aromatic carbocycles. The highest BCUT2D eigenvalue weighted by Crippen LogP contribution is 2.20. The first-order chi connectivity index (χ1) is 12.6. The van der Waals surface area contributed by atoms with Gasteiger partial charge in [0.1, 0.15) is 0 Å². The SMILES string of the molecule is CCN1CCN(CCCCNC(=NC)NCc2ccc(Cl)cc2Cl)CC1.I. The molecule has 0 radical (unpaired) electrons. The van der Waals surface area contributed by atoms with Gasteiger partial charge in [0.2, 0.25) is 0 Å². The first-order valence-electron chi connectivity index (χ1n) is 9.45. The van der Waals surface area contributed by atoms with Gasteiger partial charge in [-0.3, -0.25) is 4.99 Å². The first kappa shape index (κ1) is 24.8. The van der Waals surface area contributed by atoms with Crippen LogP contribution in [0.4, 0.5) is 0 Å². The number of nitrogens with one attached hydrogen (secondary N) is 2. The average molecular weight is 528 g/mol. The summed E-state index contributed by atoms with van der Waals surface area (Å²) in [7, 11) is 1.78. The summed E-state index contributed by atoms with van der Waals surface area (Å²) in [6.45, 7) is 11.0. The van der Waals surface area contributed by atoms with E-state index in [1.54, 1.807) is 13.1 Å². The highest BCUT2D eigenvalue weighted by molar-refractivity contribution is 14.0. The Balaban J connectivity index is 0.00000364. The van der Waals surface area contributed by atoms with Gasteiger partial charge in [-0.2, -0.15) is 0 Å². The molecule has 0 bridgehead atoms. The minimum atomic E-state index is 0. The highest BCUT2D eigenvalue weighted by atomic mass is 127. The Morgan fingerprint density at radius 1 is 1.07 bits per heavy atom. The van der Waals surface area contributed by atoms with E-state index in [1.807, 2.05) is 12.1 Å². The van der Waals surface area contributed by atoms with Crippen molar-refractivity contribution in [2.24, 2.45) is 4.99 Å². The summed E-state index contributed by atoms with van der Waals surface area (Å²) >= 11 is 12.1. The highest BCUT2D eigenvalue weighted by Gasteiger charge is 2.14. The van der Waals surface area contributed by atoms with Crippen LogP contribution in [-0.4, -0.2) is 68.6 Å². The van der Waals surface area contributed by atoms with Crippen molar-refractivity contribution in [1.82, 2.24) is 20.4 Å². The van der Waals surface area contributed by atoms with E-state index in [9.17, 15) is 0 Å². The van der Waals surface area contributed by atoms with Crippen molar-refractivity contribution < 1.29 is 0 Å². The third-order valence-electron chi connectivity index (χ3n) is 4.79. The van der Waals surface area contributed by atoms with Crippen LogP contribution in [-0.2, 0) is 6.54 Å². The molecule has 2 rings (SSSR count). The number of hydrogen-bond donors (Lipinski definition) is 2. The maximum Gasteiger partial charge on any atom is 0.191 e. The molecule has 1 aliphatic rings. The molecule has 1 saturated heterocycles. The Kier molecular flexibility index (Phi) is 12.7. The van der Waals surface area contributed by atoms with Gasteiger partial charge in [0, 0.05) is 56.4 Å². The van der Waals surface area contributed by atoms with Crippen molar-refractivity contribution in [2.45, 2.75) is 26.3 Å². The lowest BCUT2D eigenvalue weighted by Gasteiger charge is -2.34. The zero-order valence-corrected chi connectivity index (χ0v) is 20.2. The molecule has 2 N–H and O–H groups in total. The normalized spacial score (nSPS) is 16.1. The molecule has 1 fully saturated rings. The van der Waals surface area contributed by atoms with E-state index in [0.29, 0.717) is 16.6 Å². The Morgan fingerprint density at radius 3 is 2.41 bits per heavy atom. The van der Waals surface area contributed by atoms with Gasteiger partial charge in [-0.1, -0.05) is 36.2 Å². The van der Waals surface area contributed by atoms with Crippen molar-refractivity contribution >= 4 is 53.1 Å². The van der Waals surface area contributed by atoms with Crippen LogP contribution in [0.2, 0.25) is 10.0 Å². The van der Waals surface area contributed by atoms with E-state index >= 15 is 0 Å². The number of unbranched alkanes of at least 4 members (excludes halogenated alkanes) is 1. The predicted octanol–water partition coefficient (Wildman–Crippen LogP) is 3.69. The lowest BCUT2D eigenvalue weighted by Crippen LogP contribution is -2.46. The van der Waals surface area contributed by atoms with Crippen molar-refractivity contribution in [3.8, 4) is 0 Å². The van der Waals surface area contributed by atoms with Crippen LogP contribution in [0.3, 0.4) is 0 Å². The fraction of sp³-hybridized carbons (Fsp3) is 0.632. The molecule has 1 aromatic rings. The Labute approximate surface area is 190 Å². The van der Waals surface area contributed by atoms with Gasteiger partial charge in [-0.25, -0.2) is 0 Å². The van der Waals surface area contributed by atoms with E-state index in [1.165, 1.54) is 45.7 Å². The monoisotopic (exact) mass is 527 g/mol. The van der Waals surface area contributed by atoms with E-state index < -0.39 is 0 Å². The molecule has 154 valence electrons. The molecule has 0 aromatic heterocycles. The number of likely N-dealkylation sites (N-methyl/N-ethyl adjacent to an activating group) is 1. The second kappa shape index (κ2) is 13.8. The van der Waals surface area contributed by atoms with Crippen molar-refractivity contribution in [3.63, 3.8) is 0 Å². The Bertz CT molecular complexity index is 577. The minimum absolute atomic E-state index is 0. The summed E-state index contributed by atoms with van der Waals surface area (Å²) in [5, 5.41) is 7.98. The summed E-state index contributed by atoms with van der Waals surface area (Å²) in [5.41, 5.74) is 1.00. The second-order valence-electron chi connectivity index (χ2n) is 6.57. The third-order valence-corrected chi connectivity index (χ3v) is 5.38. The Morgan fingerprint density at radius 2 is 1.78 bits per heavy atom. The maximum atomic E-state index is 6.20. The van der Waals surface area contributed by atoms with Crippen molar-refractivity contribution in [1.29, 1.82) is 0 Å². The predicted molar refractivity (Wildman–Crippen MR) is 128 cm³/mol. The van der Waals surface area contributed by atoms with Gasteiger partial charge < -0.3 is 20.4 Å². The molecule has 0 saturated carbocycles. The molecular weight excluding hydrogens is 496 g/mol. The number of nitrogens with zero attached hydrogens (tertiary/aromatic N) is 3. The number of guanidine groups is 1.